The molecule has 4 rings (SSSR count). The van der Waals surface area contributed by atoms with Crippen LogP contribution in [-0.4, -0.2) is 54.4 Å². The van der Waals surface area contributed by atoms with Gasteiger partial charge in [-0.05, 0) is 18.2 Å². The van der Waals surface area contributed by atoms with Gasteiger partial charge in [-0.15, -0.1) is 0 Å². The van der Waals surface area contributed by atoms with Crippen LogP contribution in [0.4, 0.5) is 10.1 Å². The third-order valence-electron chi connectivity index (χ3n) is 4.45. The van der Waals surface area contributed by atoms with E-state index in [0.717, 1.165) is 45.1 Å². The largest absolute Gasteiger partial charge is 0.494 e. The van der Waals surface area contributed by atoms with Crippen LogP contribution in [0.3, 0.4) is 0 Å². The molecule has 6 nitrogen and oxygen atoms in total. The zero-order valence-electron chi connectivity index (χ0n) is 13.7. The van der Waals surface area contributed by atoms with Gasteiger partial charge in [0.25, 0.3) is 0 Å². The number of anilines is 1. The number of nitrogens with one attached hydrogen (secondary N) is 2. The maximum atomic E-state index is 13.3. The van der Waals surface area contributed by atoms with Gasteiger partial charge in [-0.1, -0.05) is 0 Å². The Morgan fingerprint density at radius 1 is 1.24 bits per heavy atom. The molecule has 0 amide bonds. The lowest BCUT2D eigenvalue weighted by molar-refractivity contribution is 0.0398. The molecule has 0 spiro atoms. The van der Waals surface area contributed by atoms with Gasteiger partial charge in [0, 0.05) is 37.6 Å². The topological polar surface area (TPSA) is 73.7 Å². The van der Waals surface area contributed by atoms with Crippen LogP contribution in [0.2, 0.25) is 0 Å². The highest BCUT2D eigenvalue weighted by molar-refractivity contribution is 5.98. The zero-order valence-corrected chi connectivity index (χ0v) is 13.7. The number of aromatic hydroxyl groups is 1. The molecule has 3 N–H and O–H groups in total. The number of halogens is 1. The van der Waals surface area contributed by atoms with Crippen molar-refractivity contribution in [2.24, 2.45) is 0 Å². The van der Waals surface area contributed by atoms with E-state index in [4.69, 9.17) is 9.15 Å². The first-order chi connectivity index (χ1) is 12.2. The highest BCUT2D eigenvalue weighted by Crippen LogP contribution is 2.38. The minimum atomic E-state index is -0.356. The molecule has 7 heteroatoms. The van der Waals surface area contributed by atoms with Crippen molar-refractivity contribution in [3.8, 4) is 17.2 Å². The Labute approximate surface area is 144 Å². The van der Waals surface area contributed by atoms with Crippen LogP contribution >= 0.6 is 0 Å². The van der Waals surface area contributed by atoms with Gasteiger partial charge in [0.15, 0.2) is 0 Å². The average molecular weight is 345 g/mol. The van der Waals surface area contributed by atoms with Gasteiger partial charge < -0.3 is 24.6 Å². The van der Waals surface area contributed by atoms with E-state index >= 15 is 0 Å². The van der Waals surface area contributed by atoms with E-state index in [1.165, 1.54) is 12.1 Å². The van der Waals surface area contributed by atoms with Crippen molar-refractivity contribution >= 4 is 16.6 Å². The molecule has 3 heterocycles. The van der Waals surface area contributed by atoms with Gasteiger partial charge in [0.05, 0.1) is 30.0 Å². The number of morpholine rings is 1. The van der Waals surface area contributed by atoms with Crippen LogP contribution in [-0.2, 0) is 4.74 Å². The van der Waals surface area contributed by atoms with Crippen LogP contribution < -0.4 is 5.32 Å². The second kappa shape index (κ2) is 6.78. The van der Waals surface area contributed by atoms with Crippen molar-refractivity contribution in [1.82, 2.24) is 9.88 Å². The molecule has 1 fully saturated rings. The van der Waals surface area contributed by atoms with Gasteiger partial charge in [0.2, 0.25) is 5.88 Å². The molecule has 132 valence electrons. The van der Waals surface area contributed by atoms with E-state index in [-0.39, 0.29) is 11.7 Å². The first-order valence-corrected chi connectivity index (χ1v) is 8.34. The minimum absolute atomic E-state index is 0.0326. The molecule has 1 aromatic carbocycles. The summed E-state index contributed by atoms with van der Waals surface area (Å²) < 4.78 is 24.3. The number of hydrogen-bond donors (Lipinski definition) is 3. The van der Waals surface area contributed by atoms with Gasteiger partial charge in [-0.3, -0.25) is 4.90 Å². The molecule has 1 aliphatic rings. The molecule has 0 aliphatic carbocycles. The lowest BCUT2D eigenvalue weighted by atomic mass is 10.1. The highest BCUT2D eigenvalue weighted by Gasteiger charge is 2.17. The van der Waals surface area contributed by atoms with E-state index in [0.29, 0.717) is 22.2 Å². The van der Waals surface area contributed by atoms with Crippen LogP contribution in [0.1, 0.15) is 0 Å². The molecular weight excluding hydrogens is 325 g/mol. The summed E-state index contributed by atoms with van der Waals surface area (Å²) in [5, 5.41) is 14.2. The van der Waals surface area contributed by atoms with Crippen molar-refractivity contribution in [3.63, 3.8) is 0 Å². The molecular formula is C18H20FN3O3. The van der Waals surface area contributed by atoms with Gasteiger partial charge in [-0.25, -0.2) is 4.39 Å². The first kappa shape index (κ1) is 16.0. The molecule has 0 saturated carbocycles. The van der Waals surface area contributed by atoms with E-state index < -0.39 is 0 Å². The smallest absolute Gasteiger partial charge is 0.200 e. The maximum Gasteiger partial charge on any atom is 0.200 e. The number of hydrogen-bond acceptors (Lipinski definition) is 5. The zero-order chi connectivity index (χ0) is 17.2. The minimum Gasteiger partial charge on any atom is -0.494 e. The fourth-order valence-electron chi connectivity index (χ4n) is 3.15. The number of ether oxygens (including phenoxy) is 1. The van der Waals surface area contributed by atoms with E-state index in [2.05, 4.69) is 15.2 Å². The summed E-state index contributed by atoms with van der Waals surface area (Å²) in [5.74, 6) is 0.143. The number of aromatic amines is 1. The number of nitrogens with zero attached hydrogens (tertiary/aromatic N) is 1. The second-order valence-corrected chi connectivity index (χ2v) is 6.12. The number of furan rings is 1. The number of fused-ring (bicyclic) bond motifs is 1. The summed E-state index contributed by atoms with van der Waals surface area (Å²) >= 11 is 0. The van der Waals surface area contributed by atoms with Gasteiger partial charge >= 0.3 is 0 Å². The Hall–Kier alpha value is -2.51. The summed E-state index contributed by atoms with van der Waals surface area (Å²) in [6.07, 6.45) is 1.62. The summed E-state index contributed by atoms with van der Waals surface area (Å²) in [7, 11) is 0. The third kappa shape index (κ3) is 3.33. The van der Waals surface area contributed by atoms with Crippen molar-refractivity contribution < 1.29 is 18.7 Å². The molecule has 0 atom stereocenters. The van der Waals surface area contributed by atoms with Crippen LogP contribution in [0.25, 0.3) is 22.2 Å². The molecule has 2 aromatic heterocycles. The maximum absolute atomic E-state index is 13.3. The second-order valence-electron chi connectivity index (χ2n) is 6.12. The van der Waals surface area contributed by atoms with E-state index in [1.807, 2.05) is 6.07 Å². The molecule has 0 radical (unpaired) electrons. The number of H-pyrrole nitrogens is 1. The average Bonchev–Trinajstić information content (AvgIpc) is 3.18. The Bertz CT molecular complexity index is 868. The van der Waals surface area contributed by atoms with Crippen molar-refractivity contribution in [3.05, 3.63) is 36.3 Å². The van der Waals surface area contributed by atoms with E-state index in [1.54, 1.807) is 12.3 Å². The quantitative estimate of drug-likeness (QED) is 0.663. The molecule has 1 aliphatic heterocycles. The Morgan fingerprint density at radius 2 is 2.08 bits per heavy atom. The van der Waals surface area contributed by atoms with Crippen molar-refractivity contribution in [1.29, 1.82) is 0 Å². The number of rotatable bonds is 5. The molecule has 0 unspecified atom stereocenters. The normalized spacial score (nSPS) is 15.7. The number of aromatic nitrogens is 1. The molecule has 25 heavy (non-hydrogen) atoms. The molecule has 1 saturated heterocycles. The van der Waals surface area contributed by atoms with Gasteiger partial charge in [-0.2, -0.15) is 0 Å². The third-order valence-corrected chi connectivity index (χ3v) is 4.45. The van der Waals surface area contributed by atoms with Crippen LogP contribution in [0.5, 0.6) is 5.88 Å². The van der Waals surface area contributed by atoms with Gasteiger partial charge in [0.1, 0.15) is 17.8 Å². The summed E-state index contributed by atoms with van der Waals surface area (Å²) in [6.45, 7) is 5.22. The lowest BCUT2D eigenvalue weighted by Gasteiger charge is -2.26. The standard InChI is InChI=1S/C18H20FN3O3/c19-12-1-2-14-15(9-12)21-18(23)17(14)16-10-13(11-25-16)20-3-4-22-5-7-24-8-6-22/h1-2,9-11,20-21,23H,3-8H2. The summed E-state index contributed by atoms with van der Waals surface area (Å²) in [6, 6.07) is 6.18. The SMILES string of the molecule is Oc1[nH]c2cc(F)ccc2c1-c1cc(NCCN2CCOCC2)co1. The Morgan fingerprint density at radius 3 is 2.92 bits per heavy atom. The fourth-order valence-corrected chi connectivity index (χ4v) is 3.15. The predicted molar refractivity (Wildman–Crippen MR) is 93.4 cm³/mol. The Kier molecular flexibility index (Phi) is 4.33. The number of benzene rings is 1. The first-order valence-electron chi connectivity index (χ1n) is 8.34. The highest BCUT2D eigenvalue weighted by atomic mass is 19.1. The van der Waals surface area contributed by atoms with Crippen molar-refractivity contribution in [2.45, 2.75) is 0 Å². The molecule has 0 bridgehead atoms. The summed E-state index contributed by atoms with van der Waals surface area (Å²) in [5.41, 5.74) is 1.92. The van der Waals surface area contributed by atoms with E-state index in [9.17, 15) is 9.50 Å². The molecule has 3 aromatic rings. The van der Waals surface area contributed by atoms with Crippen LogP contribution in [0.15, 0.2) is 34.9 Å². The predicted octanol–water partition coefficient (Wildman–Crippen LogP) is 3.02. The monoisotopic (exact) mass is 345 g/mol. The fraction of sp³-hybridized carbons (Fsp3) is 0.333. The summed E-state index contributed by atoms with van der Waals surface area (Å²) in [4.78, 5) is 5.12. The lowest BCUT2D eigenvalue weighted by Crippen LogP contribution is -2.38. The Balaban J connectivity index is 1.47. The van der Waals surface area contributed by atoms with Crippen LogP contribution in [0, 0.1) is 5.82 Å². The van der Waals surface area contributed by atoms with Crippen molar-refractivity contribution in [2.75, 3.05) is 44.7 Å².